The highest BCUT2D eigenvalue weighted by Gasteiger charge is 2.27. The third-order valence-corrected chi connectivity index (χ3v) is 5.52. The lowest BCUT2D eigenvalue weighted by Crippen LogP contribution is -2.46. The van der Waals surface area contributed by atoms with Gasteiger partial charge in [-0.05, 0) is 49.2 Å². The number of benzene rings is 2. The molecule has 1 aromatic heterocycles. The van der Waals surface area contributed by atoms with Gasteiger partial charge >= 0.3 is 0 Å². The van der Waals surface area contributed by atoms with Crippen molar-refractivity contribution in [3.8, 4) is 11.4 Å². The molecule has 8 nitrogen and oxygen atoms in total. The normalized spacial score (nSPS) is 14.3. The van der Waals surface area contributed by atoms with Gasteiger partial charge < -0.3 is 15.0 Å². The molecule has 2 aromatic carbocycles. The van der Waals surface area contributed by atoms with Crippen molar-refractivity contribution in [1.29, 1.82) is 0 Å². The highest BCUT2D eigenvalue weighted by atomic mass is 35.5. The first-order valence-electron chi connectivity index (χ1n) is 9.96. The van der Waals surface area contributed by atoms with Crippen LogP contribution in [0.25, 0.3) is 5.69 Å². The van der Waals surface area contributed by atoms with Gasteiger partial charge in [0.05, 0.1) is 24.6 Å². The molecule has 0 atom stereocenters. The quantitative estimate of drug-likeness (QED) is 0.660. The maximum Gasteiger partial charge on any atom is 0.276 e. The van der Waals surface area contributed by atoms with Crippen molar-refractivity contribution in [2.45, 2.75) is 18.9 Å². The van der Waals surface area contributed by atoms with Crippen LogP contribution >= 0.6 is 11.6 Å². The van der Waals surface area contributed by atoms with Gasteiger partial charge in [-0.1, -0.05) is 28.9 Å². The van der Waals surface area contributed by atoms with Crippen LogP contribution in [0.1, 0.15) is 33.7 Å². The maximum absolute atomic E-state index is 12.8. The molecule has 31 heavy (non-hydrogen) atoms. The minimum absolute atomic E-state index is 0.00814. The number of rotatable bonds is 5. The summed E-state index contributed by atoms with van der Waals surface area (Å²) in [7, 11) is 1.54. The number of carbonyl (C=O) groups is 2. The van der Waals surface area contributed by atoms with Crippen LogP contribution in [0.5, 0.6) is 5.75 Å². The SMILES string of the molecule is COc1ccccc1C(=O)NC1CCN(C(=O)c2cn(-c3ccc(Cl)cc3)nn2)CC1. The Morgan fingerprint density at radius 1 is 1.10 bits per heavy atom. The van der Waals surface area contributed by atoms with E-state index in [0.717, 1.165) is 5.69 Å². The van der Waals surface area contributed by atoms with Crippen LogP contribution in [0.15, 0.2) is 54.7 Å². The Morgan fingerprint density at radius 2 is 1.81 bits per heavy atom. The minimum atomic E-state index is -0.173. The monoisotopic (exact) mass is 439 g/mol. The molecule has 0 radical (unpaired) electrons. The number of piperidine rings is 1. The Balaban J connectivity index is 1.34. The van der Waals surface area contributed by atoms with Gasteiger partial charge in [0.15, 0.2) is 5.69 Å². The van der Waals surface area contributed by atoms with Crippen LogP contribution < -0.4 is 10.1 Å². The second-order valence-electron chi connectivity index (χ2n) is 7.26. The molecular formula is C22H22ClN5O3. The van der Waals surface area contributed by atoms with Gasteiger partial charge in [-0.25, -0.2) is 4.68 Å². The van der Waals surface area contributed by atoms with E-state index in [4.69, 9.17) is 16.3 Å². The minimum Gasteiger partial charge on any atom is -0.496 e. The van der Waals surface area contributed by atoms with Crippen molar-refractivity contribution < 1.29 is 14.3 Å². The molecule has 2 amide bonds. The van der Waals surface area contributed by atoms with Crippen LogP contribution in [0.3, 0.4) is 0 Å². The number of para-hydroxylation sites is 1. The maximum atomic E-state index is 12.8. The lowest BCUT2D eigenvalue weighted by Gasteiger charge is -2.32. The first-order valence-corrected chi connectivity index (χ1v) is 10.3. The van der Waals surface area contributed by atoms with Gasteiger partial charge in [0.25, 0.3) is 11.8 Å². The number of nitrogens with zero attached hydrogens (tertiary/aromatic N) is 4. The summed E-state index contributed by atoms with van der Waals surface area (Å²) in [6.45, 7) is 1.06. The van der Waals surface area contributed by atoms with E-state index in [-0.39, 0.29) is 23.6 Å². The molecule has 1 fully saturated rings. The van der Waals surface area contributed by atoms with Crippen molar-refractivity contribution >= 4 is 23.4 Å². The third kappa shape index (κ3) is 4.69. The molecule has 1 saturated heterocycles. The van der Waals surface area contributed by atoms with E-state index < -0.39 is 0 Å². The Hall–Kier alpha value is -3.39. The summed E-state index contributed by atoms with van der Waals surface area (Å²) in [6, 6.07) is 14.2. The van der Waals surface area contributed by atoms with E-state index in [2.05, 4.69) is 15.6 Å². The van der Waals surface area contributed by atoms with E-state index in [0.29, 0.717) is 42.3 Å². The molecule has 0 aliphatic carbocycles. The van der Waals surface area contributed by atoms with E-state index in [9.17, 15) is 9.59 Å². The number of amides is 2. The van der Waals surface area contributed by atoms with Crippen LogP contribution in [-0.4, -0.2) is 57.9 Å². The number of halogens is 1. The van der Waals surface area contributed by atoms with Crippen LogP contribution in [0.4, 0.5) is 0 Å². The predicted molar refractivity (Wildman–Crippen MR) is 116 cm³/mol. The van der Waals surface area contributed by atoms with Crippen LogP contribution in [0.2, 0.25) is 5.02 Å². The Morgan fingerprint density at radius 3 is 2.52 bits per heavy atom. The van der Waals surface area contributed by atoms with Crippen molar-refractivity contribution in [3.05, 3.63) is 71.0 Å². The van der Waals surface area contributed by atoms with Crippen LogP contribution in [0, 0.1) is 0 Å². The molecule has 0 unspecified atom stereocenters. The first-order chi connectivity index (χ1) is 15.0. The highest BCUT2D eigenvalue weighted by molar-refractivity contribution is 6.30. The molecular weight excluding hydrogens is 418 g/mol. The summed E-state index contributed by atoms with van der Waals surface area (Å²) < 4.78 is 6.80. The number of carbonyl (C=O) groups excluding carboxylic acids is 2. The zero-order valence-corrected chi connectivity index (χ0v) is 17.7. The van der Waals surface area contributed by atoms with Crippen molar-refractivity contribution in [2.75, 3.05) is 20.2 Å². The Bertz CT molecular complexity index is 1070. The fourth-order valence-electron chi connectivity index (χ4n) is 3.57. The lowest BCUT2D eigenvalue weighted by atomic mass is 10.0. The fraction of sp³-hybridized carbons (Fsp3) is 0.273. The number of methoxy groups -OCH3 is 1. The van der Waals surface area contributed by atoms with Crippen LogP contribution in [-0.2, 0) is 0 Å². The van der Waals surface area contributed by atoms with Crippen molar-refractivity contribution in [2.24, 2.45) is 0 Å². The zero-order chi connectivity index (χ0) is 21.8. The van der Waals surface area contributed by atoms with Gasteiger partial charge in [-0.15, -0.1) is 5.10 Å². The third-order valence-electron chi connectivity index (χ3n) is 5.27. The predicted octanol–water partition coefficient (Wildman–Crippen LogP) is 2.96. The molecule has 9 heteroatoms. The molecule has 1 aliphatic heterocycles. The molecule has 0 spiro atoms. The average Bonchev–Trinajstić information content (AvgIpc) is 3.30. The van der Waals surface area contributed by atoms with Gasteiger partial charge in [0.2, 0.25) is 0 Å². The number of hydrogen-bond donors (Lipinski definition) is 1. The average molecular weight is 440 g/mol. The fourth-order valence-corrected chi connectivity index (χ4v) is 3.69. The molecule has 3 aromatic rings. The molecule has 1 aliphatic rings. The number of hydrogen-bond acceptors (Lipinski definition) is 5. The summed E-state index contributed by atoms with van der Waals surface area (Å²) in [5, 5.41) is 11.7. The molecule has 160 valence electrons. The Kier molecular flexibility index (Phi) is 6.18. The summed E-state index contributed by atoms with van der Waals surface area (Å²) in [5.41, 5.74) is 1.56. The van der Waals surface area contributed by atoms with Gasteiger partial charge in [0, 0.05) is 24.2 Å². The van der Waals surface area contributed by atoms with E-state index in [1.165, 1.54) is 0 Å². The van der Waals surface area contributed by atoms with E-state index in [1.807, 2.05) is 6.07 Å². The zero-order valence-electron chi connectivity index (χ0n) is 17.0. The molecule has 1 N–H and O–H groups in total. The number of nitrogens with one attached hydrogen (secondary N) is 1. The topological polar surface area (TPSA) is 89.4 Å². The summed E-state index contributed by atoms with van der Waals surface area (Å²) in [5.74, 6) is 0.194. The standard InChI is InChI=1S/C22H22ClN5O3/c1-31-20-5-3-2-4-18(20)21(29)24-16-10-12-27(13-11-16)22(30)19-14-28(26-25-19)17-8-6-15(23)7-9-17/h2-9,14,16H,10-13H2,1H3,(H,24,29). The number of aromatic nitrogens is 3. The number of likely N-dealkylation sites (tertiary alicyclic amines) is 1. The largest absolute Gasteiger partial charge is 0.496 e. The number of ether oxygens (including phenoxy) is 1. The van der Waals surface area contributed by atoms with E-state index >= 15 is 0 Å². The molecule has 2 heterocycles. The molecule has 4 rings (SSSR count). The highest BCUT2D eigenvalue weighted by Crippen LogP contribution is 2.19. The first kappa shape index (κ1) is 20.9. The van der Waals surface area contributed by atoms with Gasteiger partial charge in [-0.2, -0.15) is 0 Å². The van der Waals surface area contributed by atoms with Crippen molar-refractivity contribution in [1.82, 2.24) is 25.2 Å². The summed E-state index contributed by atoms with van der Waals surface area (Å²) >= 11 is 5.91. The van der Waals surface area contributed by atoms with Gasteiger partial charge in [-0.3, -0.25) is 9.59 Å². The summed E-state index contributed by atoms with van der Waals surface area (Å²) in [4.78, 5) is 27.1. The second kappa shape index (κ2) is 9.18. The van der Waals surface area contributed by atoms with Gasteiger partial charge in [0.1, 0.15) is 5.75 Å². The Labute approximate surface area is 184 Å². The second-order valence-corrected chi connectivity index (χ2v) is 7.70. The smallest absolute Gasteiger partial charge is 0.276 e. The summed E-state index contributed by atoms with van der Waals surface area (Å²) in [6.07, 6.45) is 2.94. The van der Waals surface area contributed by atoms with E-state index in [1.54, 1.807) is 65.4 Å². The molecule has 0 saturated carbocycles. The lowest BCUT2D eigenvalue weighted by molar-refractivity contribution is 0.0692. The van der Waals surface area contributed by atoms with Crippen molar-refractivity contribution in [3.63, 3.8) is 0 Å². The molecule has 0 bridgehead atoms.